The van der Waals surface area contributed by atoms with Crippen LogP contribution in [0.5, 0.6) is 0 Å². The molecule has 2 aliphatic heterocycles. The smallest absolute Gasteiger partial charge is 0.229 e. The maximum Gasteiger partial charge on any atom is 0.229 e. The van der Waals surface area contributed by atoms with Crippen molar-refractivity contribution in [2.75, 3.05) is 78.1 Å². The van der Waals surface area contributed by atoms with Gasteiger partial charge in [0.25, 0.3) is 0 Å². The zero-order valence-electron chi connectivity index (χ0n) is 46.4. The summed E-state index contributed by atoms with van der Waals surface area (Å²) in [5.41, 5.74) is 6.71. The van der Waals surface area contributed by atoms with E-state index >= 15 is 8.78 Å². The molecule has 2 N–H and O–H groups in total. The summed E-state index contributed by atoms with van der Waals surface area (Å²) in [6, 6.07) is 14.2. The first kappa shape index (κ1) is 54.4. The molecule has 0 saturated heterocycles. The minimum Gasteiger partial charge on any atom is -0.325 e. The number of likely N-dealkylation sites (N-methyl/N-ethyl adjacent to an activating group) is 1. The van der Waals surface area contributed by atoms with Crippen molar-refractivity contribution in [1.82, 2.24) is 68.6 Å². The number of aromatic nitrogens is 10. The van der Waals surface area contributed by atoms with E-state index in [4.69, 9.17) is 9.97 Å². The summed E-state index contributed by atoms with van der Waals surface area (Å²) in [6.45, 7) is 19.8. The maximum atomic E-state index is 15.2. The van der Waals surface area contributed by atoms with E-state index < -0.39 is 23.3 Å². The summed E-state index contributed by atoms with van der Waals surface area (Å²) in [7, 11) is 8.36. The molecule has 410 valence electrons. The summed E-state index contributed by atoms with van der Waals surface area (Å²) >= 11 is 0. The van der Waals surface area contributed by atoms with Crippen LogP contribution in [0.25, 0.3) is 44.6 Å². The minimum atomic E-state index is -0.634. The second kappa shape index (κ2) is 22.4. The van der Waals surface area contributed by atoms with Gasteiger partial charge in [0.05, 0.1) is 23.4 Å². The zero-order valence-corrected chi connectivity index (χ0v) is 46.4. The largest absolute Gasteiger partial charge is 0.325 e. The maximum absolute atomic E-state index is 15.2. The lowest BCUT2D eigenvalue weighted by Crippen LogP contribution is -2.36. The first-order valence-corrected chi connectivity index (χ1v) is 26.9. The molecule has 0 spiro atoms. The Morgan fingerprint density at radius 1 is 0.615 bits per heavy atom. The van der Waals surface area contributed by atoms with E-state index in [1.54, 1.807) is 12.1 Å². The Balaban J connectivity index is 0.000000176. The van der Waals surface area contributed by atoms with Crippen molar-refractivity contribution in [2.45, 2.75) is 98.3 Å². The number of hydrogen-bond donors (Lipinski definition) is 2. The van der Waals surface area contributed by atoms with Gasteiger partial charge in [-0.3, -0.25) is 9.80 Å². The lowest BCUT2D eigenvalue weighted by molar-refractivity contribution is 0.224. The first-order chi connectivity index (χ1) is 37.3. The van der Waals surface area contributed by atoms with Crippen molar-refractivity contribution >= 4 is 45.6 Å². The van der Waals surface area contributed by atoms with E-state index in [2.05, 4.69) is 112 Å². The predicted octanol–water partition coefficient (Wildman–Crippen LogP) is 10.4. The number of fused-ring (bicyclic) bond motifs is 4. The van der Waals surface area contributed by atoms with Crippen molar-refractivity contribution in [1.29, 1.82) is 0 Å². The molecule has 8 heterocycles. The van der Waals surface area contributed by atoms with Crippen LogP contribution in [0, 0.1) is 43.0 Å². The number of imidazole rings is 2. The van der Waals surface area contributed by atoms with E-state index in [0.717, 1.165) is 114 Å². The molecule has 2 aromatic carbocycles. The second-order valence-electron chi connectivity index (χ2n) is 22.6. The van der Waals surface area contributed by atoms with Gasteiger partial charge >= 0.3 is 0 Å². The highest BCUT2D eigenvalue weighted by Crippen LogP contribution is 2.42. The van der Waals surface area contributed by atoms with Gasteiger partial charge in [-0.25, -0.2) is 57.4 Å². The van der Waals surface area contributed by atoms with Crippen LogP contribution in [0.4, 0.5) is 41.1 Å². The highest BCUT2D eigenvalue weighted by Gasteiger charge is 2.32. The summed E-state index contributed by atoms with van der Waals surface area (Å²) in [5.74, 6) is 1.34. The van der Waals surface area contributed by atoms with E-state index in [9.17, 15) is 8.78 Å². The fourth-order valence-corrected chi connectivity index (χ4v) is 10.9. The van der Waals surface area contributed by atoms with E-state index in [0.29, 0.717) is 51.1 Å². The highest BCUT2D eigenvalue weighted by atomic mass is 19.1. The number of hydrogen-bond acceptors (Lipinski definition) is 14. The molecule has 3 aliphatic rings. The minimum absolute atomic E-state index is 0.0129. The van der Waals surface area contributed by atoms with Crippen molar-refractivity contribution < 1.29 is 17.6 Å². The molecule has 1 saturated carbocycles. The van der Waals surface area contributed by atoms with Crippen LogP contribution >= 0.6 is 0 Å². The summed E-state index contributed by atoms with van der Waals surface area (Å²) < 4.78 is 64.2. The van der Waals surface area contributed by atoms with Gasteiger partial charge in [-0.05, 0) is 156 Å². The van der Waals surface area contributed by atoms with Gasteiger partial charge in [0.15, 0.2) is 23.3 Å². The molecular formula is C58H70F4N16. The summed E-state index contributed by atoms with van der Waals surface area (Å²) in [4.78, 5) is 44.8. The molecule has 78 heavy (non-hydrogen) atoms. The molecule has 0 radical (unpaired) electrons. The van der Waals surface area contributed by atoms with E-state index in [1.165, 1.54) is 23.3 Å². The first-order valence-electron chi connectivity index (χ1n) is 26.9. The number of rotatable bonds is 15. The monoisotopic (exact) mass is 1070 g/mol. The van der Waals surface area contributed by atoms with Crippen molar-refractivity contribution in [3.63, 3.8) is 0 Å². The molecule has 8 aromatic rings. The van der Waals surface area contributed by atoms with Crippen LogP contribution in [-0.2, 0) is 31.5 Å². The lowest BCUT2D eigenvalue weighted by Gasteiger charge is -2.29. The fraction of sp³-hybridized carbons (Fsp3) is 0.448. The standard InChI is InChI=1S/C29H34F2N8.C29H36F2N8/c1-17(19-5-6-19)39-18(2)33-28-22(30)13-21(14-25(28)39)27-23(31)15-32-29(36-27)35-26-8-7-20-16-38(12-11-37(3)4)10-9-24(20)34-26;1-18-33-27-21(30)14-20(15-24(27)39(18)29(2,3)4)26-22(31)16-32-28(36-26)35-25-9-8-19-17-38(12-7-11-37(5)6)13-10-23(19)34-25/h7-8,13-15,17,19H,5-6,9-12,16H2,1-4H3,(H,32,34,35,36);8-9,14-16H,7,10-13,17H2,1-6H3,(H,32,34,35,36). The van der Waals surface area contributed by atoms with Gasteiger partial charge in [0.1, 0.15) is 45.7 Å². The molecule has 6 aromatic heterocycles. The van der Waals surface area contributed by atoms with Crippen LogP contribution in [0.2, 0.25) is 0 Å². The molecular weight excluding hydrogens is 997 g/mol. The van der Waals surface area contributed by atoms with Gasteiger partial charge < -0.3 is 29.6 Å². The molecule has 0 amide bonds. The number of aryl methyl sites for hydroxylation is 2. The Kier molecular flexibility index (Phi) is 15.6. The zero-order chi connectivity index (χ0) is 55.2. The molecule has 0 bridgehead atoms. The molecule has 1 aliphatic carbocycles. The predicted molar refractivity (Wildman–Crippen MR) is 298 cm³/mol. The number of nitrogens with zero attached hydrogens (tertiary/aromatic N) is 14. The molecule has 16 nitrogen and oxygen atoms in total. The Hall–Kier alpha value is -7.00. The van der Waals surface area contributed by atoms with E-state index in [1.807, 2.05) is 51.3 Å². The van der Waals surface area contributed by atoms with Gasteiger partial charge in [0.2, 0.25) is 11.9 Å². The van der Waals surface area contributed by atoms with Gasteiger partial charge in [-0.2, -0.15) is 0 Å². The third-order valence-corrected chi connectivity index (χ3v) is 14.9. The summed E-state index contributed by atoms with van der Waals surface area (Å²) in [5, 5.41) is 6.23. The number of pyridine rings is 2. The summed E-state index contributed by atoms with van der Waals surface area (Å²) in [6.07, 6.45) is 7.38. The number of halogens is 4. The normalized spacial score (nSPS) is 15.4. The molecule has 1 atom stereocenters. The van der Waals surface area contributed by atoms with Crippen molar-refractivity contribution in [3.05, 3.63) is 118 Å². The van der Waals surface area contributed by atoms with Crippen LogP contribution in [0.3, 0.4) is 0 Å². The van der Waals surface area contributed by atoms with Crippen molar-refractivity contribution in [2.24, 2.45) is 5.92 Å². The third kappa shape index (κ3) is 12.0. The Bertz CT molecular complexity index is 3490. The van der Waals surface area contributed by atoms with Crippen LogP contribution in [-0.4, -0.2) is 136 Å². The average Bonchev–Trinajstić information content (AvgIpc) is 4.31. The Morgan fingerprint density at radius 2 is 1.12 bits per heavy atom. The number of anilines is 4. The van der Waals surface area contributed by atoms with Crippen LogP contribution in [0.15, 0.2) is 60.9 Å². The third-order valence-electron chi connectivity index (χ3n) is 14.9. The number of benzene rings is 2. The average molecular weight is 1070 g/mol. The van der Waals surface area contributed by atoms with Gasteiger partial charge in [-0.15, -0.1) is 0 Å². The lowest BCUT2D eigenvalue weighted by atomic mass is 10.1. The molecule has 11 rings (SSSR count). The quantitative estimate of drug-likeness (QED) is 0.0938. The fourth-order valence-electron chi connectivity index (χ4n) is 10.9. The van der Waals surface area contributed by atoms with Gasteiger partial charge in [-0.1, -0.05) is 12.1 Å². The second-order valence-corrected chi connectivity index (χ2v) is 22.6. The highest BCUT2D eigenvalue weighted by molar-refractivity contribution is 5.84. The van der Waals surface area contributed by atoms with E-state index in [-0.39, 0.29) is 40.4 Å². The molecule has 20 heteroatoms. The van der Waals surface area contributed by atoms with Gasteiger partial charge in [0, 0.05) is 86.2 Å². The topological polar surface area (TPSA) is 150 Å². The van der Waals surface area contributed by atoms with Crippen molar-refractivity contribution in [3.8, 4) is 22.5 Å². The number of nitrogens with one attached hydrogen (secondary N) is 2. The molecule has 1 unspecified atom stereocenters. The molecule has 1 fully saturated rings. The van der Waals surface area contributed by atoms with Crippen LogP contribution in [0.1, 0.15) is 87.2 Å². The Morgan fingerprint density at radius 3 is 1.63 bits per heavy atom. The SMILES string of the molecule is Cc1nc2c(F)cc(-c3nc(Nc4ccc5c(n4)CCN(CCCN(C)C)C5)ncc3F)cc2n1C(C)(C)C.Cc1nc2c(F)cc(-c3nc(Nc4ccc5c(n4)CCN(CCN(C)C)C5)ncc3F)cc2n1C(C)C1CC1. The Labute approximate surface area is 453 Å². The van der Waals surface area contributed by atoms with Crippen LogP contribution < -0.4 is 10.6 Å².